The molecule has 2 aromatic heterocycles. The Hall–Kier alpha value is -2.01. The predicted octanol–water partition coefficient (Wildman–Crippen LogP) is 2.08. The van der Waals surface area contributed by atoms with E-state index in [4.69, 9.17) is 0 Å². The summed E-state index contributed by atoms with van der Waals surface area (Å²) >= 11 is 0. The number of rotatable bonds is 3. The van der Waals surface area contributed by atoms with E-state index in [-0.39, 0.29) is 0 Å². The molecule has 0 unspecified atom stereocenters. The van der Waals surface area contributed by atoms with Crippen LogP contribution in [0.2, 0.25) is 0 Å². The van der Waals surface area contributed by atoms with Crippen molar-refractivity contribution in [3.8, 4) is 0 Å². The molecule has 1 aliphatic rings. The zero-order chi connectivity index (χ0) is 12.9. The van der Waals surface area contributed by atoms with Crippen LogP contribution in [-0.2, 0) is 0 Å². The maximum atomic E-state index is 4.67. The molecule has 0 spiro atoms. The first-order chi connectivity index (χ1) is 9.42. The fraction of sp³-hybridized carbons (Fsp3) is 0.357. The van der Waals surface area contributed by atoms with Gasteiger partial charge in [-0.15, -0.1) is 0 Å². The molecule has 98 valence electrons. The quantitative estimate of drug-likeness (QED) is 0.879. The summed E-state index contributed by atoms with van der Waals surface area (Å²) in [6.45, 7) is 2.13. The molecule has 0 aliphatic carbocycles. The number of pyridine rings is 1. The van der Waals surface area contributed by atoms with Gasteiger partial charge in [-0.05, 0) is 31.5 Å². The maximum absolute atomic E-state index is 4.67. The Kier molecular flexibility index (Phi) is 3.65. The van der Waals surface area contributed by atoms with Crippen molar-refractivity contribution in [3.05, 3.63) is 42.5 Å². The van der Waals surface area contributed by atoms with Crippen molar-refractivity contribution < 1.29 is 0 Å². The number of hydrogen-bond acceptors (Lipinski definition) is 5. The molecular weight excluding hydrogens is 238 g/mol. The lowest BCUT2D eigenvalue weighted by atomic mass is 9.96. The minimum atomic E-state index is 0.511. The summed E-state index contributed by atoms with van der Waals surface area (Å²) in [6.07, 6.45) is 7.43. The van der Waals surface area contributed by atoms with Gasteiger partial charge in [0, 0.05) is 30.6 Å². The molecule has 19 heavy (non-hydrogen) atoms. The Morgan fingerprint density at radius 2 is 2.21 bits per heavy atom. The van der Waals surface area contributed by atoms with Gasteiger partial charge in [-0.3, -0.25) is 4.98 Å². The normalized spacial score (nSPS) is 19.1. The predicted molar refractivity (Wildman–Crippen MR) is 74.4 cm³/mol. The van der Waals surface area contributed by atoms with Crippen molar-refractivity contribution in [2.45, 2.75) is 18.8 Å². The summed E-state index contributed by atoms with van der Waals surface area (Å²) in [5, 5.41) is 6.60. The van der Waals surface area contributed by atoms with Gasteiger partial charge in [-0.2, -0.15) is 0 Å². The van der Waals surface area contributed by atoms with E-state index >= 15 is 0 Å². The van der Waals surface area contributed by atoms with Gasteiger partial charge in [-0.1, -0.05) is 6.07 Å². The SMILES string of the molecule is c1cc(Nc2cnccn2)nc([C@@H]2CCCNC2)c1. The zero-order valence-electron chi connectivity index (χ0n) is 10.7. The van der Waals surface area contributed by atoms with Gasteiger partial charge in [0.25, 0.3) is 0 Å². The van der Waals surface area contributed by atoms with Crippen molar-refractivity contribution in [2.75, 3.05) is 18.4 Å². The molecule has 2 aromatic rings. The summed E-state index contributed by atoms with van der Waals surface area (Å²) in [5.74, 6) is 2.05. The zero-order valence-corrected chi connectivity index (χ0v) is 10.7. The first kappa shape index (κ1) is 12.0. The molecule has 3 heterocycles. The average Bonchev–Trinajstić information content (AvgIpc) is 2.49. The van der Waals surface area contributed by atoms with Crippen molar-refractivity contribution in [3.63, 3.8) is 0 Å². The largest absolute Gasteiger partial charge is 0.324 e. The van der Waals surface area contributed by atoms with E-state index in [0.717, 1.165) is 24.6 Å². The highest BCUT2D eigenvalue weighted by atomic mass is 15.1. The monoisotopic (exact) mass is 255 g/mol. The number of hydrogen-bond donors (Lipinski definition) is 2. The Morgan fingerprint density at radius 3 is 3.00 bits per heavy atom. The molecule has 1 saturated heterocycles. The average molecular weight is 255 g/mol. The molecule has 2 N–H and O–H groups in total. The third-order valence-electron chi connectivity index (χ3n) is 3.31. The van der Waals surface area contributed by atoms with Crippen LogP contribution >= 0.6 is 0 Å². The Bertz CT molecular complexity index is 522. The fourth-order valence-electron chi connectivity index (χ4n) is 2.35. The molecule has 3 rings (SSSR count). The highest BCUT2D eigenvalue weighted by Crippen LogP contribution is 2.23. The van der Waals surface area contributed by atoms with Crippen molar-refractivity contribution in [1.82, 2.24) is 20.3 Å². The molecule has 0 radical (unpaired) electrons. The van der Waals surface area contributed by atoms with E-state index in [0.29, 0.717) is 11.7 Å². The van der Waals surface area contributed by atoms with Crippen molar-refractivity contribution >= 4 is 11.6 Å². The molecule has 0 saturated carbocycles. The molecule has 0 bridgehead atoms. The van der Waals surface area contributed by atoms with Gasteiger partial charge >= 0.3 is 0 Å². The number of anilines is 2. The van der Waals surface area contributed by atoms with Crippen molar-refractivity contribution in [1.29, 1.82) is 0 Å². The van der Waals surface area contributed by atoms with Crippen LogP contribution < -0.4 is 10.6 Å². The number of nitrogens with zero attached hydrogens (tertiary/aromatic N) is 3. The Labute approximate surface area is 112 Å². The molecular formula is C14H17N5. The number of piperidine rings is 1. The second-order valence-electron chi connectivity index (χ2n) is 4.71. The van der Waals surface area contributed by atoms with Crippen LogP contribution in [0.1, 0.15) is 24.5 Å². The van der Waals surface area contributed by atoms with Gasteiger partial charge in [0.15, 0.2) is 0 Å². The van der Waals surface area contributed by atoms with Gasteiger partial charge in [-0.25, -0.2) is 9.97 Å². The van der Waals surface area contributed by atoms with Crippen LogP contribution in [0, 0.1) is 0 Å². The molecule has 0 amide bonds. The van der Waals surface area contributed by atoms with E-state index < -0.39 is 0 Å². The van der Waals surface area contributed by atoms with Crippen LogP contribution in [0.4, 0.5) is 11.6 Å². The fourth-order valence-corrected chi connectivity index (χ4v) is 2.35. The highest BCUT2D eigenvalue weighted by Gasteiger charge is 2.16. The minimum Gasteiger partial charge on any atom is -0.324 e. The standard InChI is InChI=1S/C14H17N5/c1-4-12(11-3-2-6-15-9-11)18-13(5-1)19-14-10-16-7-8-17-14/h1,4-5,7-8,10-11,15H,2-3,6,9H2,(H,17,18,19)/t11-/m1/s1. The molecule has 5 heteroatoms. The van der Waals surface area contributed by atoms with Crippen LogP contribution in [0.15, 0.2) is 36.8 Å². The van der Waals surface area contributed by atoms with Crippen LogP contribution in [0.5, 0.6) is 0 Å². The lowest BCUT2D eigenvalue weighted by molar-refractivity contribution is 0.455. The second-order valence-corrected chi connectivity index (χ2v) is 4.71. The third-order valence-corrected chi connectivity index (χ3v) is 3.31. The van der Waals surface area contributed by atoms with Gasteiger partial charge in [0.1, 0.15) is 11.6 Å². The Morgan fingerprint density at radius 1 is 1.21 bits per heavy atom. The van der Waals surface area contributed by atoms with E-state index in [1.165, 1.54) is 12.8 Å². The first-order valence-corrected chi connectivity index (χ1v) is 6.62. The summed E-state index contributed by atoms with van der Waals surface area (Å²) in [4.78, 5) is 12.9. The van der Waals surface area contributed by atoms with Gasteiger partial charge in [0.05, 0.1) is 6.20 Å². The van der Waals surface area contributed by atoms with E-state index in [2.05, 4.69) is 31.7 Å². The van der Waals surface area contributed by atoms with Crippen LogP contribution in [-0.4, -0.2) is 28.0 Å². The molecule has 1 aliphatic heterocycles. The topological polar surface area (TPSA) is 62.7 Å². The molecule has 5 nitrogen and oxygen atoms in total. The first-order valence-electron chi connectivity index (χ1n) is 6.62. The number of aromatic nitrogens is 3. The van der Waals surface area contributed by atoms with Crippen LogP contribution in [0.3, 0.4) is 0 Å². The summed E-state index contributed by atoms with van der Waals surface area (Å²) in [7, 11) is 0. The molecule has 1 atom stereocenters. The van der Waals surface area contributed by atoms with Gasteiger partial charge < -0.3 is 10.6 Å². The van der Waals surface area contributed by atoms with Crippen LogP contribution in [0.25, 0.3) is 0 Å². The summed E-state index contributed by atoms with van der Waals surface area (Å²) in [6, 6.07) is 6.09. The molecule has 0 aromatic carbocycles. The van der Waals surface area contributed by atoms with Gasteiger partial charge in [0.2, 0.25) is 0 Å². The summed E-state index contributed by atoms with van der Waals surface area (Å²) < 4.78 is 0. The third kappa shape index (κ3) is 3.06. The smallest absolute Gasteiger partial charge is 0.150 e. The van der Waals surface area contributed by atoms with E-state index in [1.807, 2.05) is 12.1 Å². The summed E-state index contributed by atoms with van der Waals surface area (Å²) in [5.41, 5.74) is 1.14. The maximum Gasteiger partial charge on any atom is 0.150 e. The lowest BCUT2D eigenvalue weighted by Crippen LogP contribution is -2.28. The highest BCUT2D eigenvalue weighted by molar-refractivity contribution is 5.50. The van der Waals surface area contributed by atoms with Crippen molar-refractivity contribution in [2.24, 2.45) is 0 Å². The second kappa shape index (κ2) is 5.75. The van der Waals surface area contributed by atoms with E-state index in [9.17, 15) is 0 Å². The van der Waals surface area contributed by atoms with E-state index in [1.54, 1.807) is 18.6 Å². The lowest BCUT2D eigenvalue weighted by Gasteiger charge is -2.22. The minimum absolute atomic E-state index is 0.511. The molecule has 1 fully saturated rings. The number of nitrogens with one attached hydrogen (secondary N) is 2. The Balaban J connectivity index is 1.76.